The molecule has 0 spiro atoms. The Labute approximate surface area is 135 Å². The van der Waals surface area contributed by atoms with E-state index in [0.29, 0.717) is 23.6 Å². The fourth-order valence-electron chi connectivity index (χ4n) is 3.74. The summed E-state index contributed by atoms with van der Waals surface area (Å²) in [5, 5.41) is 11.5. The highest BCUT2D eigenvalue weighted by molar-refractivity contribution is 5.71. The summed E-state index contributed by atoms with van der Waals surface area (Å²) in [6.45, 7) is 7.62. The number of rotatable bonds is 3. The monoisotopic (exact) mass is 320 g/mol. The molecule has 0 aliphatic carbocycles. The molecule has 23 heavy (non-hydrogen) atoms. The van der Waals surface area contributed by atoms with Gasteiger partial charge in [0.2, 0.25) is 17.6 Å². The number of nitrogens with zero attached hydrogens (tertiary/aromatic N) is 5. The van der Waals surface area contributed by atoms with E-state index in [1.807, 2.05) is 4.90 Å². The SMILES string of the molecule is C[C@@H]1C[C@H](C)CN(c2nc(N3CCCC3)nc(N)c2[N+](=O)[O-])C1. The number of hydrogen-bond donors (Lipinski definition) is 1. The van der Waals surface area contributed by atoms with E-state index in [1.165, 1.54) is 0 Å². The van der Waals surface area contributed by atoms with Crippen LogP contribution in [0.4, 0.5) is 23.3 Å². The van der Waals surface area contributed by atoms with Gasteiger partial charge in [-0.3, -0.25) is 10.1 Å². The molecule has 0 saturated carbocycles. The van der Waals surface area contributed by atoms with Crippen molar-refractivity contribution in [3.8, 4) is 0 Å². The van der Waals surface area contributed by atoms with Crippen LogP contribution in [0.15, 0.2) is 0 Å². The molecule has 0 amide bonds. The maximum Gasteiger partial charge on any atom is 0.353 e. The third-order valence-corrected chi connectivity index (χ3v) is 4.62. The molecule has 2 atom stereocenters. The molecule has 1 aromatic heterocycles. The first-order chi connectivity index (χ1) is 11.0. The summed E-state index contributed by atoms with van der Waals surface area (Å²) >= 11 is 0. The van der Waals surface area contributed by atoms with Crippen molar-refractivity contribution < 1.29 is 4.92 Å². The molecule has 8 nitrogen and oxygen atoms in total. The molecule has 2 saturated heterocycles. The van der Waals surface area contributed by atoms with E-state index in [4.69, 9.17) is 5.73 Å². The summed E-state index contributed by atoms with van der Waals surface area (Å²) in [7, 11) is 0. The molecular weight excluding hydrogens is 296 g/mol. The maximum absolute atomic E-state index is 11.5. The average molecular weight is 320 g/mol. The Morgan fingerprint density at radius 3 is 2.30 bits per heavy atom. The van der Waals surface area contributed by atoms with Gasteiger partial charge >= 0.3 is 5.69 Å². The van der Waals surface area contributed by atoms with Crippen molar-refractivity contribution in [2.45, 2.75) is 33.1 Å². The lowest BCUT2D eigenvalue weighted by atomic mass is 9.92. The Kier molecular flexibility index (Phi) is 4.23. The van der Waals surface area contributed by atoms with Crippen molar-refractivity contribution in [2.24, 2.45) is 11.8 Å². The smallest absolute Gasteiger partial charge is 0.353 e. The van der Waals surface area contributed by atoms with Crippen LogP contribution in [0.25, 0.3) is 0 Å². The van der Waals surface area contributed by atoms with Gasteiger partial charge in [0.05, 0.1) is 4.92 Å². The lowest BCUT2D eigenvalue weighted by Crippen LogP contribution is -2.40. The Hall–Kier alpha value is -2.12. The molecular formula is C15H24N6O2. The highest BCUT2D eigenvalue weighted by Gasteiger charge is 2.32. The molecule has 8 heteroatoms. The standard InChI is InChI=1S/C15H24N6O2/c1-10-7-11(2)9-20(8-10)14-12(21(22)23)13(16)17-15(18-14)19-5-3-4-6-19/h10-11H,3-9H2,1-2H3,(H2,16,17,18)/t10-,11+. The zero-order valence-corrected chi connectivity index (χ0v) is 13.7. The average Bonchev–Trinajstić information content (AvgIpc) is 2.99. The van der Waals surface area contributed by atoms with Crippen molar-refractivity contribution in [3.05, 3.63) is 10.1 Å². The van der Waals surface area contributed by atoms with E-state index >= 15 is 0 Å². The predicted octanol–water partition coefficient (Wildman–Crippen LogP) is 2.05. The van der Waals surface area contributed by atoms with Crippen LogP contribution >= 0.6 is 0 Å². The van der Waals surface area contributed by atoms with Gasteiger partial charge in [0.15, 0.2) is 0 Å². The van der Waals surface area contributed by atoms with Gasteiger partial charge in [-0.05, 0) is 31.1 Å². The number of aromatic nitrogens is 2. The fraction of sp³-hybridized carbons (Fsp3) is 0.733. The summed E-state index contributed by atoms with van der Waals surface area (Å²) < 4.78 is 0. The topological polar surface area (TPSA) is 101 Å². The van der Waals surface area contributed by atoms with E-state index in [9.17, 15) is 10.1 Å². The number of piperidine rings is 1. The largest absolute Gasteiger partial charge is 0.378 e. The van der Waals surface area contributed by atoms with Crippen molar-refractivity contribution in [2.75, 3.05) is 41.7 Å². The molecule has 3 heterocycles. The summed E-state index contributed by atoms with van der Waals surface area (Å²) in [5.41, 5.74) is 5.76. The van der Waals surface area contributed by atoms with Crippen LogP contribution in [0.5, 0.6) is 0 Å². The van der Waals surface area contributed by atoms with Gasteiger partial charge < -0.3 is 15.5 Å². The number of nitrogens with two attached hydrogens (primary N) is 1. The van der Waals surface area contributed by atoms with Gasteiger partial charge in [-0.15, -0.1) is 0 Å². The third kappa shape index (κ3) is 3.16. The lowest BCUT2D eigenvalue weighted by Gasteiger charge is -2.35. The van der Waals surface area contributed by atoms with Crippen LogP contribution in [0.2, 0.25) is 0 Å². The zero-order chi connectivity index (χ0) is 16.6. The highest BCUT2D eigenvalue weighted by Crippen LogP contribution is 2.36. The maximum atomic E-state index is 11.5. The van der Waals surface area contributed by atoms with E-state index in [0.717, 1.165) is 45.4 Å². The molecule has 2 fully saturated rings. The van der Waals surface area contributed by atoms with Gasteiger partial charge in [0.1, 0.15) is 0 Å². The molecule has 0 radical (unpaired) electrons. The van der Waals surface area contributed by atoms with Crippen LogP contribution in [-0.4, -0.2) is 41.1 Å². The van der Waals surface area contributed by atoms with Crippen molar-refractivity contribution in [1.82, 2.24) is 9.97 Å². The Morgan fingerprint density at radius 2 is 1.74 bits per heavy atom. The van der Waals surface area contributed by atoms with Gasteiger partial charge in [-0.1, -0.05) is 13.8 Å². The minimum atomic E-state index is -0.456. The van der Waals surface area contributed by atoms with E-state index in [-0.39, 0.29) is 11.5 Å². The second-order valence-electron chi connectivity index (χ2n) is 6.88. The summed E-state index contributed by atoms with van der Waals surface area (Å²) in [6.07, 6.45) is 3.31. The van der Waals surface area contributed by atoms with E-state index < -0.39 is 4.92 Å². The molecule has 2 aliphatic heterocycles. The Bertz CT molecular complexity index is 592. The fourth-order valence-corrected chi connectivity index (χ4v) is 3.74. The number of nitro groups is 1. The van der Waals surface area contributed by atoms with Crippen LogP contribution in [-0.2, 0) is 0 Å². The first-order valence-corrected chi connectivity index (χ1v) is 8.27. The number of nitrogen functional groups attached to an aromatic ring is 1. The summed E-state index contributed by atoms with van der Waals surface area (Å²) in [5.74, 6) is 1.82. The molecule has 0 aromatic carbocycles. The molecule has 0 bridgehead atoms. The minimum absolute atomic E-state index is 0.0345. The molecule has 1 aromatic rings. The van der Waals surface area contributed by atoms with Crippen molar-refractivity contribution >= 4 is 23.3 Å². The van der Waals surface area contributed by atoms with Crippen LogP contribution in [0.1, 0.15) is 33.1 Å². The van der Waals surface area contributed by atoms with Crippen LogP contribution in [0, 0.1) is 22.0 Å². The second-order valence-corrected chi connectivity index (χ2v) is 6.88. The second kappa shape index (κ2) is 6.17. The predicted molar refractivity (Wildman–Crippen MR) is 89.7 cm³/mol. The number of hydrogen-bond acceptors (Lipinski definition) is 7. The normalized spacial score (nSPS) is 25.0. The van der Waals surface area contributed by atoms with Gasteiger partial charge in [-0.2, -0.15) is 9.97 Å². The van der Waals surface area contributed by atoms with E-state index in [2.05, 4.69) is 28.7 Å². The van der Waals surface area contributed by atoms with Crippen molar-refractivity contribution in [1.29, 1.82) is 0 Å². The highest BCUT2D eigenvalue weighted by atomic mass is 16.6. The van der Waals surface area contributed by atoms with Gasteiger partial charge in [0, 0.05) is 26.2 Å². The van der Waals surface area contributed by atoms with Gasteiger partial charge in [-0.25, -0.2) is 0 Å². The first kappa shape index (κ1) is 15.8. The van der Waals surface area contributed by atoms with Crippen LogP contribution in [0.3, 0.4) is 0 Å². The molecule has 126 valence electrons. The summed E-state index contributed by atoms with van der Waals surface area (Å²) in [6, 6.07) is 0. The quantitative estimate of drug-likeness (QED) is 0.671. The Balaban J connectivity index is 2.02. The first-order valence-electron chi connectivity index (χ1n) is 8.27. The minimum Gasteiger partial charge on any atom is -0.378 e. The van der Waals surface area contributed by atoms with E-state index in [1.54, 1.807) is 0 Å². The Morgan fingerprint density at radius 1 is 1.13 bits per heavy atom. The van der Waals surface area contributed by atoms with Crippen molar-refractivity contribution in [3.63, 3.8) is 0 Å². The molecule has 3 rings (SSSR count). The zero-order valence-electron chi connectivity index (χ0n) is 13.7. The summed E-state index contributed by atoms with van der Waals surface area (Å²) in [4.78, 5) is 23.8. The van der Waals surface area contributed by atoms with Crippen LogP contribution < -0.4 is 15.5 Å². The van der Waals surface area contributed by atoms with Gasteiger partial charge in [0.25, 0.3) is 0 Å². The molecule has 2 N–H and O–H groups in total. The molecule has 0 unspecified atom stereocenters. The third-order valence-electron chi connectivity index (χ3n) is 4.62. The lowest BCUT2D eigenvalue weighted by molar-refractivity contribution is -0.383. The number of anilines is 3. The molecule has 2 aliphatic rings.